The van der Waals surface area contributed by atoms with Crippen molar-refractivity contribution in [3.8, 4) is 0 Å². The molecule has 0 aliphatic heterocycles. The maximum absolute atomic E-state index is 11.9. The van der Waals surface area contributed by atoms with E-state index in [2.05, 4.69) is 31.4 Å². The summed E-state index contributed by atoms with van der Waals surface area (Å²) < 4.78 is 0. The second-order valence-corrected chi connectivity index (χ2v) is 6.00. The Hall–Kier alpha value is -1.00. The summed E-state index contributed by atoms with van der Waals surface area (Å²) in [5.41, 5.74) is 0.927. The van der Waals surface area contributed by atoms with Crippen molar-refractivity contribution in [2.24, 2.45) is 0 Å². The van der Waals surface area contributed by atoms with Gasteiger partial charge in [-0.25, -0.2) is 0 Å². The van der Waals surface area contributed by atoms with Gasteiger partial charge in [0.25, 0.3) is 0 Å². The van der Waals surface area contributed by atoms with Gasteiger partial charge in [-0.3, -0.25) is 4.79 Å². The number of carbonyl (C=O) groups is 1. The lowest BCUT2D eigenvalue weighted by molar-refractivity contribution is -0.116. The Morgan fingerprint density at radius 2 is 2.05 bits per heavy atom. The third kappa shape index (κ3) is 6.64. The maximum atomic E-state index is 11.9. The van der Waals surface area contributed by atoms with Crippen LogP contribution in [0.1, 0.15) is 33.6 Å². The van der Waals surface area contributed by atoms with Crippen LogP contribution >= 0.6 is 11.8 Å². The molecule has 1 aromatic carbocycles. The number of carbonyl (C=O) groups excluding carboxylic acids is 1. The van der Waals surface area contributed by atoms with Crippen LogP contribution in [0.3, 0.4) is 0 Å². The number of hydrogen-bond donors (Lipinski definition) is 2. The van der Waals surface area contributed by atoms with Crippen molar-refractivity contribution in [2.45, 2.75) is 44.6 Å². The van der Waals surface area contributed by atoms with Crippen LogP contribution < -0.4 is 10.6 Å². The SMILES string of the molecule is CCSc1ccccc1NC(=O)CCCNC(C)C. The minimum atomic E-state index is 0.0923. The van der Waals surface area contributed by atoms with E-state index in [1.165, 1.54) is 0 Å². The van der Waals surface area contributed by atoms with Gasteiger partial charge in [0.1, 0.15) is 0 Å². The lowest BCUT2D eigenvalue weighted by atomic mass is 10.2. The number of amides is 1. The first-order chi connectivity index (χ1) is 9.13. The zero-order valence-electron chi connectivity index (χ0n) is 12.0. The van der Waals surface area contributed by atoms with Gasteiger partial charge in [-0.2, -0.15) is 0 Å². The second-order valence-electron chi connectivity index (χ2n) is 4.69. The first-order valence-corrected chi connectivity index (χ1v) is 7.87. The molecule has 0 saturated carbocycles. The summed E-state index contributed by atoms with van der Waals surface area (Å²) in [6, 6.07) is 8.44. The topological polar surface area (TPSA) is 41.1 Å². The van der Waals surface area contributed by atoms with Gasteiger partial charge in [0.15, 0.2) is 0 Å². The van der Waals surface area contributed by atoms with E-state index in [9.17, 15) is 4.79 Å². The molecule has 0 aliphatic rings. The standard InChI is InChI=1S/C15H24N2OS/c1-4-19-14-9-6-5-8-13(14)17-15(18)10-7-11-16-12(2)3/h5-6,8-9,12,16H,4,7,10-11H2,1-3H3,(H,17,18). The average molecular weight is 280 g/mol. The molecule has 3 nitrogen and oxygen atoms in total. The van der Waals surface area contributed by atoms with Gasteiger partial charge in [-0.15, -0.1) is 11.8 Å². The lowest BCUT2D eigenvalue weighted by Crippen LogP contribution is -2.24. The van der Waals surface area contributed by atoms with Gasteiger partial charge in [0.05, 0.1) is 5.69 Å². The predicted molar refractivity (Wildman–Crippen MR) is 83.8 cm³/mol. The molecular weight excluding hydrogens is 256 g/mol. The smallest absolute Gasteiger partial charge is 0.224 e. The molecule has 0 radical (unpaired) electrons. The van der Waals surface area contributed by atoms with Gasteiger partial charge in [0, 0.05) is 17.4 Å². The third-order valence-corrected chi connectivity index (χ3v) is 3.55. The molecule has 19 heavy (non-hydrogen) atoms. The minimum Gasteiger partial charge on any atom is -0.325 e. The van der Waals surface area contributed by atoms with Crippen LogP contribution in [0.5, 0.6) is 0 Å². The minimum absolute atomic E-state index is 0.0923. The molecule has 1 rings (SSSR count). The largest absolute Gasteiger partial charge is 0.325 e. The fourth-order valence-electron chi connectivity index (χ4n) is 1.70. The highest BCUT2D eigenvalue weighted by Gasteiger charge is 2.06. The van der Waals surface area contributed by atoms with Crippen molar-refractivity contribution >= 4 is 23.4 Å². The number of nitrogens with one attached hydrogen (secondary N) is 2. The molecule has 0 aromatic heterocycles. The number of thioether (sulfide) groups is 1. The van der Waals surface area contributed by atoms with Crippen LogP contribution in [-0.2, 0) is 4.79 Å². The van der Waals surface area contributed by atoms with Crippen LogP contribution in [0.2, 0.25) is 0 Å². The molecular formula is C15H24N2OS. The van der Waals surface area contributed by atoms with Crippen molar-refractivity contribution < 1.29 is 4.79 Å². The van der Waals surface area contributed by atoms with Gasteiger partial charge < -0.3 is 10.6 Å². The van der Waals surface area contributed by atoms with Gasteiger partial charge >= 0.3 is 0 Å². The first kappa shape index (κ1) is 16.1. The second kappa shape index (κ2) is 8.99. The van der Waals surface area contributed by atoms with Crippen molar-refractivity contribution in [2.75, 3.05) is 17.6 Å². The van der Waals surface area contributed by atoms with E-state index in [0.717, 1.165) is 29.3 Å². The molecule has 0 fully saturated rings. The molecule has 0 aliphatic carbocycles. The Balaban J connectivity index is 2.39. The fraction of sp³-hybridized carbons (Fsp3) is 0.533. The summed E-state index contributed by atoms with van der Waals surface area (Å²) in [5.74, 6) is 1.10. The molecule has 0 saturated heterocycles. The monoisotopic (exact) mass is 280 g/mol. The average Bonchev–Trinajstić information content (AvgIpc) is 2.37. The molecule has 0 atom stereocenters. The van der Waals surface area contributed by atoms with Gasteiger partial charge in [0.2, 0.25) is 5.91 Å². The molecule has 0 bridgehead atoms. The summed E-state index contributed by atoms with van der Waals surface area (Å²) in [6.07, 6.45) is 1.43. The number of rotatable bonds is 8. The Bertz CT molecular complexity index is 393. The summed E-state index contributed by atoms with van der Waals surface area (Å²) in [6.45, 7) is 7.22. The highest BCUT2D eigenvalue weighted by Crippen LogP contribution is 2.26. The molecule has 106 valence electrons. The van der Waals surface area contributed by atoms with Crippen molar-refractivity contribution in [3.63, 3.8) is 0 Å². The zero-order chi connectivity index (χ0) is 14.1. The third-order valence-electron chi connectivity index (χ3n) is 2.59. The van der Waals surface area contributed by atoms with E-state index in [1.807, 2.05) is 24.3 Å². The van der Waals surface area contributed by atoms with E-state index < -0.39 is 0 Å². The van der Waals surface area contributed by atoms with E-state index in [0.29, 0.717) is 12.5 Å². The summed E-state index contributed by atoms with van der Waals surface area (Å²) >= 11 is 1.75. The summed E-state index contributed by atoms with van der Waals surface area (Å²) in [4.78, 5) is 13.0. The van der Waals surface area contributed by atoms with E-state index in [4.69, 9.17) is 0 Å². The van der Waals surface area contributed by atoms with Crippen LogP contribution in [0.4, 0.5) is 5.69 Å². The lowest BCUT2D eigenvalue weighted by Gasteiger charge is -2.11. The number of hydrogen-bond acceptors (Lipinski definition) is 3. The predicted octanol–water partition coefficient (Wildman–Crippen LogP) is 3.52. The molecule has 0 heterocycles. The Labute approximate surface area is 120 Å². The van der Waals surface area contributed by atoms with Crippen molar-refractivity contribution in [1.82, 2.24) is 5.32 Å². The fourth-order valence-corrected chi connectivity index (χ4v) is 2.46. The Morgan fingerprint density at radius 1 is 1.32 bits per heavy atom. The van der Waals surface area contributed by atoms with E-state index >= 15 is 0 Å². The number of anilines is 1. The summed E-state index contributed by atoms with van der Waals surface area (Å²) in [5, 5.41) is 6.31. The number of benzene rings is 1. The molecule has 4 heteroatoms. The molecule has 1 amide bonds. The van der Waals surface area contributed by atoms with Crippen LogP contribution in [0, 0.1) is 0 Å². The van der Waals surface area contributed by atoms with Crippen molar-refractivity contribution in [1.29, 1.82) is 0 Å². The van der Waals surface area contributed by atoms with E-state index in [1.54, 1.807) is 11.8 Å². The molecule has 0 unspecified atom stereocenters. The maximum Gasteiger partial charge on any atom is 0.224 e. The Kier molecular flexibility index (Phi) is 7.60. The van der Waals surface area contributed by atoms with Gasteiger partial charge in [-0.1, -0.05) is 32.9 Å². The molecule has 1 aromatic rings. The normalized spacial score (nSPS) is 10.7. The highest BCUT2D eigenvalue weighted by atomic mass is 32.2. The molecule has 2 N–H and O–H groups in total. The van der Waals surface area contributed by atoms with Gasteiger partial charge in [-0.05, 0) is 30.9 Å². The molecule has 0 spiro atoms. The Morgan fingerprint density at radius 3 is 2.74 bits per heavy atom. The quantitative estimate of drug-likeness (QED) is 0.565. The van der Waals surface area contributed by atoms with Crippen LogP contribution in [0.25, 0.3) is 0 Å². The van der Waals surface area contributed by atoms with Crippen LogP contribution in [-0.4, -0.2) is 24.2 Å². The van der Waals surface area contributed by atoms with Crippen LogP contribution in [0.15, 0.2) is 29.2 Å². The zero-order valence-corrected chi connectivity index (χ0v) is 12.8. The highest BCUT2D eigenvalue weighted by molar-refractivity contribution is 7.99. The number of para-hydroxylation sites is 1. The van der Waals surface area contributed by atoms with E-state index in [-0.39, 0.29) is 5.91 Å². The summed E-state index contributed by atoms with van der Waals surface area (Å²) in [7, 11) is 0. The van der Waals surface area contributed by atoms with Crippen molar-refractivity contribution in [3.05, 3.63) is 24.3 Å². The first-order valence-electron chi connectivity index (χ1n) is 6.88.